The molecule has 0 radical (unpaired) electrons. The Morgan fingerprint density at radius 3 is 2.86 bits per heavy atom. The van der Waals surface area contributed by atoms with Gasteiger partial charge >= 0.3 is 6.03 Å². The highest BCUT2D eigenvalue weighted by Gasteiger charge is 2.24. The zero-order valence-corrected chi connectivity index (χ0v) is 16.8. The number of ether oxygens (including phenoxy) is 1. The number of carbonyl (C=O) groups excluding carboxylic acids is 2. The van der Waals surface area contributed by atoms with Crippen LogP contribution in [0.15, 0.2) is 30.5 Å². The molecule has 0 unspecified atom stereocenters. The standard InChI is InChI=1S/C19H19ClN6O3/c1-10(29-3)17-14(8-21-16-7-15(20)24-26(16)17)23-19(28)22-12-4-5-13-11(6-12)9-25(2)18(13)27/h4-8,10H,9H2,1-3H3,(H2,22,23,28)/t10-/m0/s1. The molecule has 0 saturated heterocycles. The number of anilines is 2. The predicted octanol–water partition coefficient (Wildman–Crippen LogP) is 3.32. The summed E-state index contributed by atoms with van der Waals surface area (Å²) >= 11 is 6.00. The van der Waals surface area contributed by atoms with Gasteiger partial charge in [0, 0.05) is 38.0 Å². The number of benzene rings is 1. The highest BCUT2D eigenvalue weighted by Crippen LogP contribution is 2.27. The third-order valence-corrected chi connectivity index (χ3v) is 5.01. The lowest BCUT2D eigenvalue weighted by molar-refractivity contribution is 0.0816. The van der Waals surface area contributed by atoms with Gasteiger partial charge in [-0.1, -0.05) is 11.6 Å². The molecule has 3 aromatic rings. The van der Waals surface area contributed by atoms with E-state index in [0.717, 1.165) is 5.56 Å². The molecule has 10 heteroatoms. The zero-order valence-electron chi connectivity index (χ0n) is 16.1. The first-order valence-corrected chi connectivity index (χ1v) is 9.28. The van der Waals surface area contributed by atoms with E-state index >= 15 is 0 Å². The molecule has 0 saturated carbocycles. The van der Waals surface area contributed by atoms with E-state index in [1.54, 1.807) is 47.8 Å². The third-order valence-electron chi connectivity index (χ3n) is 4.83. The Kier molecular flexibility index (Phi) is 4.85. The fourth-order valence-electron chi connectivity index (χ4n) is 3.35. The minimum atomic E-state index is -0.452. The molecule has 2 N–H and O–H groups in total. The largest absolute Gasteiger partial charge is 0.375 e. The zero-order chi connectivity index (χ0) is 20.7. The van der Waals surface area contributed by atoms with Crippen LogP contribution >= 0.6 is 11.6 Å². The molecule has 1 atom stereocenters. The Labute approximate surface area is 171 Å². The van der Waals surface area contributed by atoms with Crippen LogP contribution in [0.25, 0.3) is 5.65 Å². The average molecular weight is 415 g/mol. The highest BCUT2D eigenvalue weighted by atomic mass is 35.5. The van der Waals surface area contributed by atoms with Crippen molar-refractivity contribution in [1.29, 1.82) is 0 Å². The van der Waals surface area contributed by atoms with Crippen LogP contribution in [-0.2, 0) is 11.3 Å². The monoisotopic (exact) mass is 414 g/mol. The summed E-state index contributed by atoms with van der Waals surface area (Å²) in [6.07, 6.45) is 1.17. The number of amides is 3. The van der Waals surface area contributed by atoms with Crippen molar-refractivity contribution in [3.05, 3.63) is 52.4 Å². The van der Waals surface area contributed by atoms with Gasteiger partial charge in [-0.15, -0.1) is 0 Å². The maximum Gasteiger partial charge on any atom is 0.323 e. The lowest BCUT2D eigenvalue weighted by Crippen LogP contribution is -2.22. The smallest absolute Gasteiger partial charge is 0.323 e. The Morgan fingerprint density at radius 2 is 2.10 bits per heavy atom. The number of hydrogen-bond donors (Lipinski definition) is 2. The molecule has 1 aliphatic heterocycles. The minimum Gasteiger partial charge on any atom is -0.375 e. The molecule has 0 fully saturated rings. The van der Waals surface area contributed by atoms with Gasteiger partial charge in [0.15, 0.2) is 10.8 Å². The molecule has 3 heterocycles. The highest BCUT2D eigenvalue weighted by molar-refractivity contribution is 6.29. The molecule has 3 amide bonds. The van der Waals surface area contributed by atoms with E-state index in [1.165, 1.54) is 6.20 Å². The number of halogens is 1. The molecule has 9 nitrogen and oxygen atoms in total. The molecule has 0 spiro atoms. The molecule has 4 rings (SSSR count). The normalized spacial score (nSPS) is 14.2. The van der Waals surface area contributed by atoms with Gasteiger partial charge in [-0.25, -0.2) is 14.3 Å². The van der Waals surface area contributed by atoms with Gasteiger partial charge in [0.05, 0.1) is 23.7 Å². The van der Waals surface area contributed by atoms with Crippen LogP contribution in [-0.4, -0.2) is 45.6 Å². The van der Waals surface area contributed by atoms with Crippen LogP contribution in [0.2, 0.25) is 5.15 Å². The number of aromatic nitrogens is 3. The molecule has 0 bridgehead atoms. The lowest BCUT2D eigenvalue weighted by Gasteiger charge is -2.17. The van der Waals surface area contributed by atoms with Gasteiger partial charge in [-0.3, -0.25) is 4.79 Å². The van der Waals surface area contributed by atoms with Crippen LogP contribution in [0.5, 0.6) is 0 Å². The Balaban J connectivity index is 1.58. The van der Waals surface area contributed by atoms with Crippen molar-refractivity contribution >= 4 is 40.6 Å². The van der Waals surface area contributed by atoms with Crippen molar-refractivity contribution in [2.45, 2.75) is 19.6 Å². The summed E-state index contributed by atoms with van der Waals surface area (Å²) in [5, 5.41) is 10.1. The maximum atomic E-state index is 12.6. The van der Waals surface area contributed by atoms with Gasteiger partial charge in [0.1, 0.15) is 0 Å². The molecule has 150 valence electrons. The summed E-state index contributed by atoms with van der Waals surface area (Å²) in [4.78, 5) is 30.5. The van der Waals surface area contributed by atoms with Gasteiger partial charge in [0.25, 0.3) is 5.91 Å². The van der Waals surface area contributed by atoms with E-state index in [4.69, 9.17) is 16.3 Å². The van der Waals surface area contributed by atoms with Crippen molar-refractivity contribution in [3.8, 4) is 0 Å². The van der Waals surface area contributed by atoms with E-state index in [2.05, 4.69) is 20.7 Å². The summed E-state index contributed by atoms with van der Waals surface area (Å²) < 4.78 is 6.97. The number of methoxy groups -OCH3 is 1. The van der Waals surface area contributed by atoms with E-state index in [0.29, 0.717) is 40.0 Å². The first-order chi connectivity index (χ1) is 13.9. The number of hydrogen-bond acceptors (Lipinski definition) is 5. The summed E-state index contributed by atoms with van der Waals surface area (Å²) in [5.74, 6) is -0.0218. The van der Waals surface area contributed by atoms with E-state index in [1.807, 2.05) is 6.92 Å². The van der Waals surface area contributed by atoms with Crippen molar-refractivity contribution in [1.82, 2.24) is 19.5 Å². The van der Waals surface area contributed by atoms with Crippen LogP contribution in [0.4, 0.5) is 16.2 Å². The summed E-state index contributed by atoms with van der Waals surface area (Å²) in [6, 6.07) is 6.38. The van der Waals surface area contributed by atoms with Crippen LogP contribution in [0.1, 0.15) is 34.6 Å². The van der Waals surface area contributed by atoms with Gasteiger partial charge in [-0.2, -0.15) is 5.10 Å². The molecular formula is C19H19ClN6O3. The van der Waals surface area contributed by atoms with Crippen molar-refractivity contribution in [2.24, 2.45) is 0 Å². The van der Waals surface area contributed by atoms with Crippen molar-refractivity contribution < 1.29 is 14.3 Å². The van der Waals surface area contributed by atoms with Crippen LogP contribution in [0, 0.1) is 0 Å². The molecular weight excluding hydrogens is 396 g/mol. The first kappa shape index (κ1) is 19.2. The van der Waals surface area contributed by atoms with Crippen LogP contribution in [0.3, 0.4) is 0 Å². The third kappa shape index (κ3) is 3.50. The molecule has 1 aromatic carbocycles. The van der Waals surface area contributed by atoms with Gasteiger partial charge in [-0.05, 0) is 30.7 Å². The second-order valence-corrected chi connectivity index (χ2v) is 7.17. The van der Waals surface area contributed by atoms with E-state index < -0.39 is 6.03 Å². The summed E-state index contributed by atoms with van der Waals surface area (Å²) in [6.45, 7) is 2.35. The average Bonchev–Trinajstić information content (AvgIpc) is 3.19. The number of carbonyl (C=O) groups is 2. The number of nitrogens with zero attached hydrogens (tertiary/aromatic N) is 4. The fraction of sp³-hybridized carbons (Fsp3) is 0.263. The maximum absolute atomic E-state index is 12.6. The van der Waals surface area contributed by atoms with Crippen molar-refractivity contribution in [3.63, 3.8) is 0 Å². The molecule has 2 aromatic heterocycles. The Hall–Kier alpha value is -3.17. The quantitative estimate of drug-likeness (QED) is 0.682. The molecule has 1 aliphatic rings. The minimum absolute atomic E-state index is 0.0218. The second kappa shape index (κ2) is 7.34. The molecule has 0 aliphatic carbocycles. The van der Waals surface area contributed by atoms with Crippen LogP contribution < -0.4 is 10.6 Å². The predicted molar refractivity (Wildman–Crippen MR) is 108 cm³/mol. The fourth-order valence-corrected chi connectivity index (χ4v) is 3.52. The van der Waals surface area contributed by atoms with Crippen molar-refractivity contribution in [2.75, 3.05) is 24.8 Å². The van der Waals surface area contributed by atoms with E-state index in [9.17, 15) is 9.59 Å². The second-order valence-electron chi connectivity index (χ2n) is 6.78. The topological polar surface area (TPSA) is 101 Å². The summed E-state index contributed by atoms with van der Waals surface area (Å²) in [7, 11) is 3.31. The molecule has 29 heavy (non-hydrogen) atoms. The Bertz CT molecular complexity index is 1130. The first-order valence-electron chi connectivity index (χ1n) is 8.90. The van der Waals surface area contributed by atoms with Gasteiger partial charge < -0.3 is 20.3 Å². The lowest BCUT2D eigenvalue weighted by atomic mass is 10.1. The van der Waals surface area contributed by atoms with Gasteiger partial charge in [0.2, 0.25) is 0 Å². The SMILES string of the molecule is CO[C@@H](C)c1c(NC(=O)Nc2ccc3c(c2)CN(C)C3=O)cnc2cc(Cl)nn12. The summed E-state index contributed by atoms with van der Waals surface area (Å²) in [5.41, 5.74) is 3.72. The Morgan fingerprint density at radius 1 is 1.31 bits per heavy atom. The van der Waals surface area contributed by atoms with E-state index in [-0.39, 0.29) is 12.0 Å². The number of urea groups is 1. The number of nitrogens with one attached hydrogen (secondary N) is 2. The number of fused-ring (bicyclic) bond motifs is 2. The number of rotatable bonds is 4.